The maximum Gasteiger partial charge on any atom is 0.255 e. The van der Waals surface area contributed by atoms with E-state index in [9.17, 15) is 29.7 Å². The number of likely N-dealkylation sites (N-methyl/N-ethyl adjacent to an activating group) is 1. The maximum atomic E-state index is 12.1. The lowest BCUT2D eigenvalue weighted by atomic mass is 10.0. The summed E-state index contributed by atoms with van der Waals surface area (Å²) in [7, 11) is 0. The van der Waals surface area contributed by atoms with Crippen molar-refractivity contribution in [3.63, 3.8) is 0 Å². The zero-order valence-corrected chi connectivity index (χ0v) is 26.4. The first-order chi connectivity index (χ1) is 18.4. The van der Waals surface area contributed by atoms with Gasteiger partial charge in [0.15, 0.2) is 11.8 Å². The number of hydrogen-bond donors (Lipinski definition) is 5. The van der Waals surface area contributed by atoms with Gasteiger partial charge < -0.3 is 30.7 Å². The van der Waals surface area contributed by atoms with Gasteiger partial charge in [-0.3, -0.25) is 14.4 Å². The number of nitrogens with one attached hydrogen (secondary N) is 2. The van der Waals surface area contributed by atoms with Crippen LogP contribution in [0.2, 0.25) is 0 Å². The topological polar surface area (TPSA) is 158 Å². The number of halogens is 2. The van der Waals surface area contributed by atoms with Gasteiger partial charge in [0.2, 0.25) is 11.8 Å². The highest BCUT2D eigenvalue weighted by molar-refractivity contribution is 14.1. The van der Waals surface area contributed by atoms with Crippen LogP contribution in [0.15, 0.2) is 41.4 Å². The first-order valence-electron chi connectivity index (χ1n) is 12.4. The molecule has 0 unspecified atom stereocenters. The standard InChI is InChI=1S/C14H18INO4.C13H15IN2O3/c1-3-4-11(18)13(8(2)17)16-14(20)10-6-5-9(15)7-12(10)19;1-3-15-12(18)11-7(2)19-13(16-11)9-5-4-8(14)6-10(9)17/h5-8,13,17,19H,3-4H2,1-2H3,(H,16,20);4-7,11,17H,3H2,1-2H3,(H,15,18)/t8-,13+;7-,11-/m01/s1. The van der Waals surface area contributed by atoms with E-state index in [4.69, 9.17) is 4.74 Å². The third-order valence-corrected chi connectivity index (χ3v) is 6.97. The summed E-state index contributed by atoms with van der Waals surface area (Å²) in [6.07, 6.45) is -0.384. The molecule has 2 amide bonds. The fourth-order valence-electron chi connectivity index (χ4n) is 3.66. The van der Waals surface area contributed by atoms with Crippen molar-refractivity contribution in [2.75, 3.05) is 6.54 Å². The van der Waals surface area contributed by atoms with Crippen LogP contribution in [0.25, 0.3) is 0 Å². The molecule has 3 rings (SSSR count). The van der Waals surface area contributed by atoms with E-state index in [1.165, 1.54) is 19.1 Å². The van der Waals surface area contributed by atoms with Gasteiger partial charge in [-0.25, -0.2) is 4.99 Å². The fourth-order valence-corrected chi connectivity index (χ4v) is 4.61. The number of carbonyl (C=O) groups is 3. The summed E-state index contributed by atoms with van der Waals surface area (Å²) in [6, 6.07) is 8.33. The number of rotatable bonds is 9. The molecular weight excluding hydrogens is 732 g/mol. The second-order valence-corrected chi connectivity index (χ2v) is 11.3. The molecule has 0 saturated carbocycles. The van der Waals surface area contributed by atoms with Crippen LogP contribution in [0.5, 0.6) is 11.5 Å². The molecular formula is C27H33I2N3O7. The van der Waals surface area contributed by atoms with E-state index in [-0.39, 0.29) is 41.3 Å². The summed E-state index contributed by atoms with van der Waals surface area (Å²) in [5.74, 6) is -0.682. The number of phenols is 2. The fraction of sp³-hybridized carbons (Fsp3) is 0.407. The van der Waals surface area contributed by atoms with Crippen molar-refractivity contribution in [1.82, 2.24) is 10.6 Å². The summed E-state index contributed by atoms with van der Waals surface area (Å²) < 4.78 is 7.29. The quantitative estimate of drug-likeness (QED) is 0.245. The van der Waals surface area contributed by atoms with E-state index < -0.39 is 24.1 Å². The van der Waals surface area contributed by atoms with Crippen molar-refractivity contribution in [2.45, 2.75) is 64.8 Å². The van der Waals surface area contributed by atoms with Crippen molar-refractivity contribution in [1.29, 1.82) is 0 Å². The molecule has 0 bridgehead atoms. The van der Waals surface area contributed by atoms with Gasteiger partial charge in [0.1, 0.15) is 23.6 Å². The number of aromatic hydroxyl groups is 2. The molecule has 2 aromatic rings. The summed E-state index contributed by atoms with van der Waals surface area (Å²) in [5.41, 5.74) is 0.597. The summed E-state index contributed by atoms with van der Waals surface area (Å²) >= 11 is 4.13. The SMILES string of the molecule is CCCC(=O)[C@H](NC(=O)c1ccc(I)cc1O)[C@H](C)O.CCNC(=O)[C@@H]1N=C(c2ccc(I)cc2O)O[C@@H]1C. The van der Waals surface area contributed by atoms with Crippen molar-refractivity contribution >= 4 is 68.7 Å². The van der Waals surface area contributed by atoms with Crippen LogP contribution in [-0.2, 0) is 14.3 Å². The largest absolute Gasteiger partial charge is 0.507 e. The molecule has 1 aliphatic rings. The average molecular weight is 765 g/mol. The van der Waals surface area contributed by atoms with Gasteiger partial charge in [0, 0.05) is 20.1 Å². The number of aliphatic hydroxyl groups is 1. The van der Waals surface area contributed by atoms with E-state index in [0.29, 0.717) is 24.4 Å². The maximum absolute atomic E-state index is 12.1. The number of phenolic OH excluding ortho intramolecular Hbond substituents is 2. The van der Waals surface area contributed by atoms with Gasteiger partial charge in [-0.2, -0.15) is 0 Å². The van der Waals surface area contributed by atoms with Crippen LogP contribution >= 0.6 is 45.2 Å². The monoisotopic (exact) mass is 765 g/mol. The van der Waals surface area contributed by atoms with E-state index in [2.05, 4.69) is 38.2 Å². The number of hydrogen-bond acceptors (Lipinski definition) is 8. The number of nitrogens with zero attached hydrogens (tertiary/aromatic N) is 1. The van der Waals surface area contributed by atoms with Crippen molar-refractivity contribution < 1.29 is 34.4 Å². The molecule has 212 valence electrons. The first-order valence-corrected chi connectivity index (χ1v) is 14.6. The number of aliphatic imine (C=N–C) groups is 1. The Balaban J connectivity index is 0.000000274. The Kier molecular flexibility index (Phi) is 12.9. The molecule has 0 aliphatic carbocycles. The number of benzene rings is 2. The van der Waals surface area contributed by atoms with E-state index in [1.807, 2.05) is 42.5 Å². The Labute approximate surface area is 254 Å². The predicted molar refractivity (Wildman–Crippen MR) is 164 cm³/mol. The molecule has 39 heavy (non-hydrogen) atoms. The number of ketones is 1. The third-order valence-electron chi connectivity index (χ3n) is 5.63. The molecule has 12 heteroatoms. The Hall–Kier alpha value is -2.46. The van der Waals surface area contributed by atoms with Gasteiger partial charge in [0.05, 0.1) is 17.2 Å². The molecule has 0 saturated heterocycles. The minimum Gasteiger partial charge on any atom is -0.507 e. The smallest absolute Gasteiger partial charge is 0.255 e. The van der Waals surface area contributed by atoms with E-state index >= 15 is 0 Å². The molecule has 4 atom stereocenters. The number of Topliss-reactive ketones (excluding diaryl/α,β-unsaturated/α-hetero) is 1. The minimum atomic E-state index is -0.982. The lowest BCUT2D eigenvalue weighted by molar-refractivity contribution is -0.124. The third kappa shape index (κ3) is 9.31. The summed E-state index contributed by atoms with van der Waals surface area (Å²) in [5, 5.41) is 34.5. The van der Waals surface area contributed by atoms with Gasteiger partial charge in [-0.1, -0.05) is 6.92 Å². The molecule has 0 spiro atoms. The molecule has 2 aromatic carbocycles. The Bertz CT molecular complexity index is 1220. The molecule has 0 fully saturated rings. The van der Waals surface area contributed by atoms with Crippen molar-refractivity contribution in [3.8, 4) is 11.5 Å². The van der Waals surface area contributed by atoms with Crippen LogP contribution in [-0.4, -0.2) is 69.7 Å². The van der Waals surface area contributed by atoms with Crippen molar-refractivity contribution in [3.05, 3.63) is 54.7 Å². The summed E-state index contributed by atoms with van der Waals surface area (Å²) in [6.45, 7) is 7.51. The van der Waals surface area contributed by atoms with E-state index in [0.717, 1.165) is 7.14 Å². The molecule has 0 aromatic heterocycles. The van der Waals surface area contributed by atoms with Gasteiger partial charge >= 0.3 is 0 Å². The first kappa shape index (κ1) is 32.8. The number of ether oxygens (including phenoxy) is 1. The number of amides is 2. The highest BCUT2D eigenvalue weighted by Crippen LogP contribution is 2.26. The van der Waals surface area contributed by atoms with Crippen LogP contribution < -0.4 is 10.6 Å². The highest BCUT2D eigenvalue weighted by Gasteiger charge is 2.34. The lowest BCUT2D eigenvalue weighted by Gasteiger charge is -2.20. The van der Waals surface area contributed by atoms with Crippen molar-refractivity contribution in [2.24, 2.45) is 4.99 Å². The molecule has 5 N–H and O–H groups in total. The zero-order valence-electron chi connectivity index (χ0n) is 22.1. The minimum absolute atomic E-state index is 0.0837. The highest BCUT2D eigenvalue weighted by atomic mass is 127. The predicted octanol–water partition coefficient (Wildman–Crippen LogP) is 3.51. The van der Waals surface area contributed by atoms with Gasteiger partial charge in [-0.15, -0.1) is 0 Å². The Morgan fingerprint density at radius 1 is 1.05 bits per heavy atom. The second kappa shape index (κ2) is 15.4. The van der Waals surface area contributed by atoms with Gasteiger partial charge in [0.25, 0.3) is 5.91 Å². The Morgan fingerprint density at radius 2 is 1.67 bits per heavy atom. The second-order valence-electron chi connectivity index (χ2n) is 8.83. The van der Waals surface area contributed by atoms with Crippen LogP contribution in [0.4, 0.5) is 0 Å². The molecule has 0 radical (unpaired) electrons. The zero-order chi connectivity index (χ0) is 29.3. The number of aliphatic hydroxyl groups excluding tert-OH is 1. The average Bonchev–Trinajstić information content (AvgIpc) is 3.24. The summed E-state index contributed by atoms with van der Waals surface area (Å²) in [4.78, 5) is 40.0. The Morgan fingerprint density at radius 3 is 2.21 bits per heavy atom. The molecule has 10 nitrogen and oxygen atoms in total. The number of carbonyl (C=O) groups excluding carboxylic acids is 3. The lowest BCUT2D eigenvalue weighted by Crippen LogP contribution is -2.47. The molecule has 1 aliphatic heterocycles. The van der Waals surface area contributed by atoms with Crippen LogP contribution in [0, 0.1) is 7.14 Å². The molecule has 1 heterocycles. The normalized spacial score (nSPS) is 17.6. The van der Waals surface area contributed by atoms with Crippen LogP contribution in [0.3, 0.4) is 0 Å². The van der Waals surface area contributed by atoms with Crippen LogP contribution in [0.1, 0.15) is 56.5 Å². The van der Waals surface area contributed by atoms with Gasteiger partial charge in [-0.05, 0) is 109 Å². The van der Waals surface area contributed by atoms with E-state index in [1.54, 1.807) is 25.1 Å².